The summed E-state index contributed by atoms with van der Waals surface area (Å²) in [6.07, 6.45) is 7.01. The molecule has 128 valence electrons. The first-order valence-electron chi connectivity index (χ1n) is 8.12. The molecule has 0 aliphatic rings. The van der Waals surface area contributed by atoms with E-state index in [9.17, 15) is 4.79 Å². The highest BCUT2D eigenvalue weighted by Gasteiger charge is 2.07. The molecule has 0 unspecified atom stereocenters. The van der Waals surface area contributed by atoms with E-state index in [1.807, 2.05) is 37.5 Å². The number of hydrogen-bond acceptors (Lipinski definition) is 5. The average molecular weight is 344 g/mol. The summed E-state index contributed by atoms with van der Waals surface area (Å²) in [6, 6.07) is 12.8. The third-order valence-corrected chi connectivity index (χ3v) is 3.95. The van der Waals surface area contributed by atoms with Gasteiger partial charge in [-0.2, -0.15) is 10.2 Å². The molecule has 0 saturated carbocycles. The van der Waals surface area contributed by atoms with Gasteiger partial charge in [-0.3, -0.25) is 9.48 Å². The molecule has 0 bridgehead atoms. The van der Waals surface area contributed by atoms with E-state index in [0.29, 0.717) is 18.1 Å². The van der Waals surface area contributed by atoms with Crippen molar-refractivity contribution in [3.63, 3.8) is 0 Å². The monoisotopic (exact) mass is 344 g/mol. The molecule has 0 fully saturated rings. The molecule has 1 aromatic carbocycles. The quantitative estimate of drug-likeness (QED) is 0.567. The maximum Gasteiger partial charge on any atom is 0.267 e. The standard InChI is InChI=1S/C19H16N6O/c1-24-13-16(11-22-24)17-6-7-18(26)25(23-17)12-14-4-2-5-15(10-14)19-20-8-3-9-21-19/h2-11,13H,12H2,1H3. The fourth-order valence-electron chi connectivity index (χ4n) is 2.70. The van der Waals surface area contributed by atoms with Crippen LogP contribution in [0.2, 0.25) is 0 Å². The van der Waals surface area contributed by atoms with Crippen LogP contribution >= 0.6 is 0 Å². The van der Waals surface area contributed by atoms with Crippen LogP contribution < -0.4 is 5.56 Å². The lowest BCUT2D eigenvalue weighted by molar-refractivity contribution is 0.643. The van der Waals surface area contributed by atoms with Gasteiger partial charge in [0.05, 0.1) is 18.4 Å². The molecule has 4 aromatic rings. The molecule has 0 amide bonds. The lowest BCUT2D eigenvalue weighted by Crippen LogP contribution is -2.22. The summed E-state index contributed by atoms with van der Waals surface area (Å²) in [7, 11) is 1.84. The Hall–Kier alpha value is -3.61. The Labute approximate surface area is 149 Å². The van der Waals surface area contributed by atoms with Crippen molar-refractivity contribution in [3.05, 3.63) is 83.2 Å². The fraction of sp³-hybridized carbons (Fsp3) is 0.105. The number of aromatic nitrogens is 6. The Bertz CT molecular complexity index is 1100. The minimum Gasteiger partial charge on any atom is -0.275 e. The van der Waals surface area contributed by atoms with Gasteiger partial charge in [-0.1, -0.05) is 18.2 Å². The molecule has 4 rings (SSSR count). The van der Waals surface area contributed by atoms with Crippen LogP contribution in [0.4, 0.5) is 0 Å². The number of aryl methyl sites for hydroxylation is 1. The molecular weight excluding hydrogens is 328 g/mol. The number of hydrogen-bond donors (Lipinski definition) is 0. The van der Waals surface area contributed by atoms with Crippen LogP contribution in [0, 0.1) is 0 Å². The van der Waals surface area contributed by atoms with E-state index in [1.54, 1.807) is 35.4 Å². The molecule has 0 aliphatic heterocycles. The summed E-state index contributed by atoms with van der Waals surface area (Å²) in [5.41, 5.74) is 3.28. The van der Waals surface area contributed by atoms with Crippen LogP contribution in [0.15, 0.2) is 72.0 Å². The molecule has 0 spiro atoms. The first-order valence-corrected chi connectivity index (χ1v) is 8.12. The zero-order valence-electron chi connectivity index (χ0n) is 14.1. The first-order chi connectivity index (χ1) is 12.7. The van der Waals surface area contributed by atoms with Gasteiger partial charge in [0.15, 0.2) is 5.82 Å². The second-order valence-corrected chi connectivity index (χ2v) is 5.89. The molecule has 0 radical (unpaired) electrons. The molecule has 0 N–H and O–H groups in total. The van der Waals surface area contributed by atoms with E-state index in [-0.39, 0.29) is 5.56 Å². The summed E-state index contributed by atoms with van der Waals surface area (Å²) in [5.74, 6) is 0.652. The molecule has 0 saturated heterocycles. The SMILES string of the molecule is Cn1cc(-c2ccc(=O)n(Cc3cccc(-c4ncccn4)c3)n2)cn1. The first kappa shape index (κ1) is 15.9. The topological polar surface area (TPSA) is 78.5 Å². The van der Waals surface area contributed by atoms with Gasteiger partial charge in [0, 0.05) is 42.8 Å². The predicted molar refractivity (Wildman–Crippen MR) is 97.3 cm³/mol. The van der Waals surface area contributed by atoms with Crippen molar-refractivity contribution in [1.29, 1.82) is 0 Å². The highest BCUT2D eigenvalue weighted by Crippen LogP contribution is 2.17. The van der Waals surface area contributed by atoms with Gasteiger partial charge in [-0.15, -0.1) is 0 Å². The molecule has 3 heterocycles. The van der Waals surface area contributed by atoms with Crippen molar-refractivity contribution in [3.8, 4) is 22.6 Å². The van der Waals surface area contributed by atoms with Crippen LogP contribution in [0.1, 0.15) is 5.56 Å². The zero-order chi connectivity index (χ0) is 17.9. The lowest BCUT2D eigenvalue weighted by Gasteiger charge is -2.08. The molecule has 3 aromatic heterocycles. The fourth-order valence-corrected chi connectivity index (χ4v) is 2.70. The number of nitrogens with zero attached hydrogens (tertiary/aromatic N) is 6. The molecule has 7 nitrogen and oxygen atoms in total. The third-order valence-electron chi connectivity index (χ3n) is 3.95. The van der Waals surface area contributed by atoms with Crippen molar-refractivity contribution in [2.24, 2.45) is 7.05 Å². The van der Waals surface area contributed by atoms with Gasteiger partial charge in [0.2, 0.25) is 0 Å². The lowest BCUT2D eigenvalue weighted by atomic mass is 10.1. The van der Waals surface area contributed by atoms with E-state index >= 15 is 0 Å². The highest BCUT2D eigenvalue weighted by molar-refractivity contribution is 5.56. The van der Waals surface area contributed by atoms with E-state index in [4.69, 9.17) is 0 Å². The minimum atomic E-state index is -0.154. The molecule has 7 heteroatoms. The summed E-state index contributed by atoms with van der Waals surface area (Å²) < 4.78 is 3.16. The zero-order valence-corrected chi connectivity index (χ0v) is 14.1. The Morgan fingerprint density at radius 1 is 1.00 bits per heavy atom. The Balaban J connectivity index is 1.66. The van der Waals surface area contributed by atoms with E-state index in [2.05, 4.69) is 20.2 Å². The number of rotatable bonds is 4. The van der Waals surface area contributed by atoms with E-state index in [0.717, 1.165) is 16.7 Å². The van der Waals surface area contributed by atoms with Gasteiger partial charge in [0.25, 0.3) is 5.56 Å². The highest BCUT2D eigenvalue weighted by atomic mass is 16.1. The van der Waals surface area contributed by atoms with Gasteiger partial charge in [-0.25, -0.2) is 14.6 Å². The molecular formula is C19H16N6O. The molecule has 0 atom stereocenters. The van der Waals surface area contributed by atoms with Crippen LogP contribution in [-0.4, -0.2) is 29.5 Å². The largest absolute Gasteiger partial charge is 0.275 e. The van der Waals surface area contributed by atoms with Crippen molar-refractivity contribution >= 4 is 0 Å². The molecule has 26 heavy (non-hydrogen) atoms. The van der Waals surface area contributed by atoms with Gasteiger partial charge < -0.3 is 0 Å². The second-order valence-electron chi connectivity index (χ2n) is 5.89. The normalized spacial score (nSPS) is 10.8. The van der Waals surface area contributed by atoms with Crippen molar-refractivity contribution in [2.45, 2.75) is 6.54 Å². The maximum absolute atomic E-state index is 12.2. The van der Waals surface area contributed by atoms with Crippen molar-refractivity contribution < 1.29 is 0 Å². The van der Waals surface area contributed by atoms with Crippen LogP contribution in [0.3, 0.4) is 0 Å². The van der Waals surface area contributed by atoms with Crippen molar-refractivity contribution in [1.82, 2.24) is 29.5 Å². The Kier molecular flexibility index (Phi) is 4.10. The average Bonchev–Trinajstić information content (AvgIpc) is 3.11. The van der Waals surface area contributed by atoms with Gasteiger partial charge in [-0.05, 0) is 23.8 Å². The Morgan fingerprint density at radius 2 is 1.85 bits per heavy atom. The maximum atomic E-state index is 12.2. The predicted octanol–water partition coefficient (Wildman–Crippen LogP) is 2.15. The number of benzene rings is 1. The third kappa shape index (κ3) is 3.27. The van der Waals surface area contributed by atoms with Crippen LogP contribution in [0.25, 0.3) is 22.6 Å². The van der Waals surface area contributed by atoms with Crippen molar-refractivity contribution in [2.75, 3.05) is 0 Å². The summed E-state index contributed by atoms with van der Waals surface area (Å²) in [4.78, 5) is 20.8. The van der Waals surface area contributed by atoms with E-state index in [1.165, 1.54) is 10.7 Å². The smallest absolute Gasteiger partial charge is 0.267 e. The Morgan fingerprint density at radius 3 is 2.62 bits per heavy atom. The minimum absolute atomic E-state index is 0.154. The summed E-state index contributed by atoms with van der Waals surface area (Å²) in [5, 5.41) is 8.62. The van der Waals surface area contributed by atoms with E-state index < -0.39 is 0 Å². The van der Waals surface area contributed by atoms with Gasteiger partial charge >= 0.3 is 0 Å². The summed E-state index contributed by atoms with van der Waals surface area (Å²) >= 11 is 0. The molecule has 0 aliphatic carbocycles. The van der Waals surface area contributed by atoms with Crippen LogP contribution in [0.5, 0.6) is 0 Å². The van der Waals surface area contributed by atoms with Gasteiger partial charge in [0.1, 0.15) is 0 Å². The van der Waals surface area contributed by atoms with Crippen LogP contribution in [-0.2, 0) is 13.6 Å². The summed E-state index contributed by atoms with van der Waals surface area (Å²) in [6.45, 7) is 0.369. The second kappa shape index (κ2) is 6.72.